The van der Waals surface area contributed by atoms with Crippen molar-refractivity contribution >= 4 is 17.7 Å². The largest absolute Gasteiger partial charge is 0.496 e. The predicted molar refractivity (Wildman–Crippen MR) is 123 cm³/mol. The minimum atomic E-state index is -0.884. The SMILES string of the molecule is CCOc1ccc(OC(C)C(=O)NNC(=O)[C@@H](NC(=O)c2ccccc2OC)C(C)C)cc1. The van der Waals surface area contributed by atoms with Crippen molar-refractivity contribution in [3.8, 4) is 17.2 Å². The van der Waals surface area contributed by atoms with Gasteiger partial charge < -0.3 is 19.5 Å². The molecule has 0 aliphatic carbocycles. The summed E-state index contributed by atoms with van der Waals surface area (Å²) in [5, 5.41) is 2.69. The summed E-state index contributed by atoms with van der Waals surface area (Å²) in [6.07, 6.45) is -0.871. The minimum absolute atomic E-state index is 0.238. The van der Waals surface area contributed by atoms with Crippen LogP contribution in [0.15, 0.2) is 48.5 Å². The molecule has 1 unspecified atom stereocenters. The van der Waals surface area contributed by atoms with Gasteiger partial charge in [-0.15, -0.1) is 0 Å². The average Bonchev–Trinajstić information content (AvgIpc) is 2.81. The summed E-state index contributed by atoms with van der Waals surface area (Å²) in [7, 11) is 1.46. The molecule has 0 fully saturated rings. The molecule has 0 heterocycles. The van der Waals surface area contributed by atoms with Crippen molar-refractivity contribution in [3.63, 3.8) is 0 Å². The number of carbonyl (C=O) groups excluding carboxylic acids is 3. The number of hydrazine groups is 1. The molecule has 2 aromatic rings. The molecular formula is C24H31N3O6. The van der Waals surface area contributed by atoms with Crippen LogP contribution in [-0.4, -0.2) is 43.6 Å². The van der Waals surface area contributed by atoms with Crippen LogP contribution in [0.5, 0.6) is 17.2 Å². The van der Waals surface area contributed by atoms with Gasteiger partial charge in [-0.05, 0) is 56.2 Å². The molecule has 3 amide bonds. The monoisotopic (exact) mass is 457 g/mol. The summed E-state index contributed by atoms with van der Waals surface area (Å²) >= 11 is 0. The first-order valence-electron chi connectivity index (χ1n) is 10.7. The Hall–Kier alpha value is -3.75. The van der Waals surface area contributed by atoms with E-state index in [4.69, 9.17) is 14.2 Å². The van der Waals surface area contributed by atoms with E-state index in [1.165, 1.54) is 7.11 Å². The van der Waals surface area contributed by atoms with E-state index >= 15 is 0 Å². The predicted octanol–water partition coefficient (Wildman–Crippen LogP) is 2.46. The van der Waals surface area contributed by atoms with E-state index in [1.807, 2.05) is 6.92 Å². The van der Waals surface area contributed by atoms with E-state index in [2.05, 4.69) is 16.2 Å². The quantitative estimate of drug-likeness (QED) is 0.472. The van der Waals surface area contributed by atoms with Crippen LogP contribution >= 0.6 is 0 Å². The molecular weight excluding hydrogens is 426 g/mol. The second kappa shape index (κ2) is 12.3. The number of hydrogen-bond acceptors (Lipinski definition) is 6. The van der Waals surface area contributed by atoms with E-state index in [9.17, 15) is 14.4 Å². The van der Waals surface area contributed by atoms with Crippen LogP contribution in [0.25, 0.3) is 0 Å². The maximum atomic E-state index is 12.7. The standard InChI is InChI=1S/C24H31N3O6/c1-6-32-17-11-13-18(14-12-17)33-16(4)22(28)26-27-24(30)21(15(2)3)25-23(29)19-9-7-8-10-20(19)31-5/h7-16,21H,6H2,1-5H3,(H,25,29)(H,26,28)(H,27,30)/t16?,21-/m0/s1. The van der Waals surface area contributed by atoms with E-state index in [-0.39, 0.29) is 5.92 Å². The Bertz CT molecular complexity index is 945. The Balaban J connectivity index is 1.92. The highest BCUT2D eigenvalue weighted by atomic mass is 16.5. The van der Waals surface area contributed by atoms with Gasteiger partial charge in [0.1, 0.15) is 23.3 Å². The van der Waals surface area contributed by atoms with Crippen molar-refractivity contribution in [3.05, 3.63) is 54.1 Å². The molecule has 0 radical (unpaired) electrons. The second-order valence-corrected chi connectivity index (χ2v) is 7.54. The Morgan fingerprint density at radius 1 is 0.879 bits per heavy atom. The van der Waals surface area contributed by atoms with Crippen LogP contribution in [0.3, 0.4) is 0 Å². The highest BCUT2D eigenvalue weighted by Gasteiger charge is 2.26. The lowest BCUT2D eigenvalue weighted by Crippen LogP contribution is -2.56. The lowest BCUT2D eigenvalue weighted by Gasteiger charge is -2.23. The molecule has 0 aromatic heterocycles. The van der Waals surface area contributed by atoms with E-state index in [0.29, 0.717) is 29.4 Å². The number of ether oxygens (including phenoxy) is 3. The second-order valence-electron chi connectivity index (χ2n) is 7.54. The fourth-order valence-corrected chi connectivity index (χ4v) is 2.93. The number of hydrogen-bond donors (Lipinski definition) is 3. The van der Waals surface area contributed by atoms with E-state index in [1.54, 1.807) is 69.3 Å². The van der Waals surface area contributed by atoms with Gasteiger partial charge in [-0.2, -0.15) is 0 Å². The zero-order chi connectivity index (χ0) is 24.4. The van der Waals surface area contributed by atoms with Crippen molar-refractivity contribution in [2.45, 2.75) is 39.8 Å². The number of para-hydroxylation sites is 1. The fraction of sp³-hybridized carbons (Fsp3) is 0.375. The Morgan fingerprint density at radius 2 is 1.48 bits per heavy atom. The topological polar surface area (TPSA) is 115 Å². The summed E-state index contributed by atoms with van der Waals surface area (Å²) in [4.78, 5) is 37.7. The number of carbonyl (C=O) groups is 3. The zero-order valence-electron chi connectivity index (χ0n) is 19.5. The molecule has 2 atom stereocenters. The molecule has 33 heavy (non-hydrogen) atoms. The Morgan fingerprint density at radius 3 is 2.09 bits per heavy atom. The van der Waals surface area contributed by atoms with Gasteiger partial charge in [0.05, 0.1) is 19.3 Å². The lowest BCUT2D eigenvalue weighted by atomic mass is 10.0. The van der Waals surface area contributed by atoms with Crippen molar-refractivity contribution in [2.24, 2.45) is 5.92 Å². The van der Waals surface area contributed by atoms with E-state index in [0.717, 1.165) is 0 Å². The highest BCUT2D eigenvalue weighted by molar-refractivity contribution is 6.00. The first-order valence-corrected chi connectivity index (χ1v) is 10.7. The van der Waals surface area contributed by atoms with Crippen LogP contribution in [0.4, 0.5) is 0 Å². The molecule has 178 valence electrons. The number of amides is 3. The molecule has 0 spiro atoms. The third-order valence-electron chi connectivity index (χ3n) is 4.71. The van der Waals surface area contributed by atoms with Gasteiger partial charge in [0.25, 0.3) is 17.7 Å². The normalized spacial score (nSPS) is 12.3. The van der Waals surface area contributed by atoms with Crippen molar-refractivity contribution in [2.75, 3.05) is 13.7 Å². The maximum Gasteiger partial charge on any atom is 0.279 e. The van der Waals surface area contributed by atoms with Crippen LogP contribution in [-0.2, 0) is 9.59 Å². The Kier molecular flexibility index (Phi) is 9.53. The third-order valence-corrected chi connectivity index (χ3v) is 4.71. The van der Waals surface area contributed by atoms with Crippen molar-refractivity contribution in [1.82, 2.24) is 16.2 Å². The molecule has 0 saturated carbocycles. The number of rotatable bonds is 10. The molecule has 3 N–H and O–H groups in total. The summed E-state index contributed by atoms with van der Waals surface area (Å²) in [5.41, 5.74) is 5.00. The average molecular weight is 458 g/mol. The van der Waals surface area contributed by atoms with Gasteiger partial charge >= 0.3 is 0 Å². The van der Waals surface area contributed by atoms with Gasteiger partial charge in [-0.1, -0.05) is 26.0 Å². The molecule has 0 aliphatic rings. The van der Waals surface area contributed by atoms with Gasteiger partial charge in [0, 0.05) is 0 Å². The first-order chi connectivity index (χ1) is 15.8. The molecule has 0 saturated heterocycles. The zero-order valence-corrected chi connectivity index (χ0v) is 19.5. The molecule has 0 aliphatic heterocycles. The summed E-state index contributed by atoms with van der Waals surface area (Å²) in [5.74, 6) is -0.226. The van der Waals surface area contributed by atoms with E-state index < -0.39 is 29.9 Å². The lowest BCUT2D eigenvalue weighted by molar-refractivity contribution is -0.133. The first kappa shape index (κ1) is 25.5. The summed E-state index contributed by atoms with van der Waals surface area (Å²) < 4.78 is 16.2. The molecule has 2 rings (SSSR count). The maximum absolute atomic E-state index is 12.7. The fourth-order valence-electron chi connectivity index (χ4n) is 2.93. The smallest absolute Gasteiger partial charge is 0.279 e. The van der Waals surface area contributed by atoms with Crippen molar-refractivity contribution < 1.29 is 28.6 Å². The van der Waals surface area contributed by atoms with Crippen LogP contribution in [0.2, 0.25) is 0 Å². The van der Waals surface area contributed by atoms with Crippen LogP contribution in [0.1, 0.15) is 38.1 Å². The molecule has 9 heteroatoms. The highest BCUT2D eigenvalue weighted by Crippen LogP contribution is 2.19. The molecule has 0 bridgehead atoms. The third kappa shape index (κ3) is 7.41. The van der Waals surface area contributed by atoms with Gasteiger partial charge in [0.15, 0.2) is 6.10 Å². The number of methoxy groups -OCH3 is 1. The molecule has 2 aromatic carbocycles. The summed E-state index contributed by atoms with van der Waals surface area (Å²) in [6, 6.07) is 12.7. The van der Waals surface area contributed by atoms with Gasteiger partial charge in [0.2, 0.25) is 0 Å². The van der Waals surface area contributed by atoms with Crippen LogP contribution in [0, 0.1) is 5.92 Å². The summed E-state index contributed by atoms with van der Waals surface area (Å²) in [6.45, 7) is 7.56. The number of nitrogens with one attached hydrogen (secondary N) is 3. The number of benzene rings is 2. The van der Waals surface area contributed by atoms with Crippen LogP contribution < -0.4 is 30.4 Å². The minimum Gasteiger partial charge on any atom is -0.496 e. The molecule has 9 nitrogen and oxygen atoms in total. The van der Waals surface area contributed by atoms with Crippen molar-refractivity contribution in [1.29, 1.82) is 0 Å². The van der Waals surface area contributed by atoms with Gasteiger partial charge in [-0.25, -0.2) is 0 Å². The van der Waals surface area contributed by atoms with Gasteiger partial charge in [-0.3, -0.25) is 25.2 Å². The Labute approximate surface area is 193 Å².